The first kappa shape index (κ1) is 16.8. The van der Waals surface area contributed by atoms with Crippen molar-refractivity contribution in [3.05, 3.63) is 48.7 Å². The summed E-state index contributed by atoms with van der Waals surface area (Å²) in [6, 6.07) is 7.69. The highest BCUT2D eigenvalue weighted by Crippen LogP contribution is 2.22. The van der Waals surface area contributed by atoms with Crippen molar-refractivity contribution in [3.8, 4) is 0 Å². The van der Waals surface area contributed by atoms with Crippen molar-refractivity contribution in [1.29, 1.82) is 0 Å². The SMILES string of the molecule is C=CCCCOC(=O)C[C@@H](Cc1c[nH]c2ccccc12)C(=O)O. The molecule has 0 spiro atoms. The van der Waals surface area contributed by atoms with Crippen molar-refractivity contribution >= 4 is 22.8 Å². The van der Waals surface area contributed by atoms with Gasteiger partial charge in [-0.1, -0.05) is 24.3 Å². The molecule has 0 fully saturated rings. The zero-order valence-corrected chi connectivity index (χ0v) is 13.0. The van der Waals surface area contributed by atoms with E-state index in [1.165, 1.54) is 0 Å². The number of fused-ring (bicyclic) bond motifs is 1. The Morgan fingerprint density at radius 3 is 2.87 bits per heavy atom. The van der Waals surface area contributed by atoms with Gasteiger partial charge in [-0.2, -0.15) is 0 Å². The Morgan fingerprint density at radius 1 is 1.35 bits per heavy atom. The highest BCUT2D eigenvalue weighted by atomic mass is 16.5. The van der Waals surface area contributed by atoms with Gasteiger partial charge in [0.2, 0.25) is 0 Å². The second-order valence-corrected chi connectivity index (χ2v) is 5.45. The van der Waals surface area contributed by atoms with Crippen LogP contribution in [0.3, 0.4) is 0 Å². The number of ether oxygens (including phenoxy) is 1. The molecule has 0 amide bonds. The molecule has 0 aliphatic heterocycles. The average molecular weight is 315 g/mol. The van der Waals surface area contributed by atoms with E-state index in [-0.39, 0.29) is 6.42 Å². The average Bonchev–Trinajstić information content (AvgIpc) is 2.94. The molecular weight excluding hydrogens is 294 g/mol. The van der Waals surface area contributed by atoms with Gasteiger partial charge in [0.05, 0.1) is 18.9 Å². The minimum absolute atomic E-state index is 0.122. The first-order valence-electron chi connectivity index (χ1n) is 7.66. The van der Waals surface area contributed by atoms with Gasteiger partial charge in [0.25, 0.3) is 0 Å². The van der Waals surface area contributed by atoms with Gasteiger partial charge < -0.3 is 14.8 Å². The lowest BCUT2D eigenvalue weighted by Crippen LogP contribution is -2.21. The molecule has 0 unspecified atom stereocenters. The Morgan fingerprint density at radius 2 is 2.13 bits per heavy atom. The summed E-state index contributed by atoms with van der Waals surface area (Å²) in [6.07, 6.45) is 5.20. The number of carbonyl (C=O) groups excluding carboxylic acids is 1. The van der Waals surface area contributed by atoms with E-state index in [4.69, 9.17) is 4.74 Å². The zero-order valence-electron chi connectivity index (χ0n) is 13.0. The molecule has 2 rings (SSSR count). The van der Waals surface area contributed by atoms with Crippen LogP contribution in [0.5, 0.6) is 0 Å². The summed E-state index contributed by atoms with van der Waals surface area (Å²) in [6.45, 7) is 3.89. The Kier molecular flexibility index (Phi) is 5.97. The lowest BCUT2D eigenvalue weighted by atomic mass is 9.96. The predicted molar refractivity (Wildman–Crippen MR) is 88.1 cm³/mol. The van der Waals surface area contributed by atoms with E-state index in [2.05, 4.69) is 11.6 Å². The molecule has 0 saturated heterocycles. The number of nitrogens with one attached hydrogen (secondary N) is 1. The molecule has 0 saturated carbocycles. The number of allylic oxidation sites excluding steroid dienone is 1. The zero-order chi connectivity index (χ0) is 16.7. The number of hydrogen-bond donors (Lipinski definition) is 2. The monoisotopic (exact) mass is 315 g/mol. The number of esters is 1. The summed E-state index contributed by atoms with van der Waals surface area (Å²) in [5, 5.41) is 10.4. The Balaban J connectivity index is 1.97. The second-order valence-electron chi connectivity index (χ2n) is 5.45. The number of aromatic amines is 1. The standard InChI is InChI=1S/C18H21NO4/c1-2-3-6-9-23-17(20)11-13(18(21)22)10-14-12-19-16-8-5-4-7-15(14)16/h2,4-5,7-8,12-13,19H,1,3,6,9-11H2,(H,21,22)/t13-/m1/s1. The molecule has 1 aromatic heterocycles. The fourth-order valence-corrected chi connectivity index (χ4v) is 2.49. The molecule has 0 aliphatic carbocycles. The first-order chi connectivity index (χ1) is 11.1. The normalized spacial score (nSPS) is 12.0. The van der Waals surface area contributed by atoms with E-state index >= 15 is 0 Å². The highest BCUT2D eigenvalue weighted by molar-refractivity contribution is 5.84. The summed E-state index contributed by atoms with van der Waals surface area (Å²) >= 11 is 0. The number of carboxylic acid groups (broad SMARTS) is 1. The molecule has 23 heavy (non-hydrogen) atoms. The van der Waals surface area contributed by atoms with E-state index in [1.807, 2.05) is 24.3 Å². The van der Waals surface area contributed by atoms with E-state index in [0.29, 0.717) is 19.4 Å². The van der Waals surface area contributed by atoms with Crippen LogP contribution in [0.15, 0.2) is 43.1 Å². The number of carbonyl (C=O) groups is 2. The molecule has 5 nitrogen and oxygen atoms in total. The third-order valence-electron chi connectivity index (χ3n) is 3.72. The molecule has 2 N–H and O–H groups in total. The number of para-hydroxylation sites is 1. The van der Waals surface area contributed by atoms with Crippen molar-refractivity contribution in [3.63, 3.8) is 0 Å². The molecule has 1 heterocycles. The van der Waals surface area contributed by atoms with Crippen LogP contribution in [0.25, 0.3) is 10.9 Å². The van der Waals surface area contributed by atoms with Crippen LogP contribution in [0, 0.1) is 5.92 Å². The number of aromatic nitrogens is 1. The van der Waals surface area contributed by atoms with Gasteiger partial charge in [-0.15, -0.1) is 6.58 Å². The van der Waals surface area contributed by atoms with E-state index in [0.717, 1.165) is 22.9 Å². The third-order valence-corrected chi connectivity index (χ3v) is 3.72. The van der Waals surface area contributed by atoms with Crippen LogP contribution in [0.2, 0.25) is 0 Å². The summed E-state index contributed by atoms with van der Waals surface area (Å²) in [5.41, 5.74) is 1.85. The molecule has 1 aromatic carbocycles. The van der Waals surface area contributed by atoms with Crippen LogP contribution < -0.4 is 0 Å². The largest absolute Gasteiger partial charge is 0.481 e. The maximum absolute atomic E-state index is 11.8. The molecule has 122 valence electrons. The van der Waals surface area contributed by atoms with Crippen LogP contribution >= 0.6 is 0 Å². The van der Waals surface area contributed by atoms with Gasteiger partial charge in [0, 0.05) is 17.1 Å². The van der Waals surface area contributed by atoms with Crippen LogP contribution in [-0.2, 0) is 20.7 Å². The first-order valence-corrected chi connectivity index (χ1v) is 7.66. The van der Waals surface area contributed by atoms with Crippen molar-refractivity contribution < 1.29 is 19.4 Å². The van der Waals surface area contributed by atoms with E-state index in [9.17, 15) is 14.7 Å². The third kappa shape index (κ3) is 4.71. The lowest BCUT2D eigenvalue weighted by Gasteiger charge is -2.11. The van der Waals surface area contributed by atoms with Crippen molar-refractivity contribution in [2.24, 2.45) is 5.92 Å². The number of hydrogen-bond acceptors (Lipinski definition) is 3. The highest BCUT2D eigenvalue weighted by Gasteiger charge is 2.23. The number of rotatable bonds is 9. The fraction of sp³-hybridized carbons (Fsp3) is 0.333. The maximum Gasteiger partial charge on any atom is 0.307 e. The smallest absolute Gasteiger partial charge is 0.307 e. The van der Waals surface area contributed by atoms with Gasteiger partial charge in [-0.25, -0.2) is 0 Å². The van der Waals surface area contributed by atoms with Crippen LogP contribution in [-0.4, -0.2) is 28.6 Å². The molecule has 1 atom stereocenters. The minimum atomic E-state index is -0.988. The molecule has 2 aromatic rings. The van der Waals surface area contributed by atoms with Crippen molar-refractivity contribution in [1.82, 2.24) is 4.98 Å². The summed E-state index contributed by atoms with van der Waals surface area (Å²) in [5.74, 6) is -2.25. The molecule has 5 heteroatoms. The number of carboxylic acids is 1. The molecule has 0 radical (unpaired) electrons. The molecule has 0 bridgehead atoms. The van der Waals surface area contributed by atoms with E-state index < -0.39 is 17.9 Å². The molecular formula is C18H21NO4. The molecule has 0 aliphatic rings. The number of unbranched alkanes of at least 4 members (excludes halogenated alkanes) is 1. The van der Waals surface area contributed by atoms with E-state index in [1.54, 1.807) is 12.3 Å². The van der Waals surface area contributed by atoms with Crippen molar-refractivity contribution in [2.75, 3.05) is 6.61 Å². The fourth-order valence-electron chi connectivity index (χ4n) is 2.49. The Bertz CT molecular complexity index is 689. The Labute approximate surface area is 135 Å². The topological polar surface area (TPSA) is 79.4 Å². The number of H-pyrrole nitrogens is 1. The number of benzene rings is 1. The van der Waals surface area contributed by atoms with Gasteiger partial charge in [-0.3, -0.25) is 9.59 Å². The van der Waals surface area contributed by atoms with Crippen molar-refractivity contribution in [2.45, 2.75) is 25.7 Å². The van der Waals surface area contributed by atoms with Gasteiger partial charge in [-0.05, 0) is 30.9 Å². The summed E-state index contributed by atoms with van der Waals surface area (Å²) in [7, 11) is 0. The summed E-state index contributed by atoms with van der Waals surface area (Å²) < 4.78 is 5.07. The minimum Gasteiger partial charge on any atom is -0.481 e. The quantitative estimate of drug-likeness (QED) is 0.423. The summed E-state index contributed by atoms with van der Waals surface area (Å²) in [4.78, 5) is 26.4. The predicted octanol–water partition coefficient (Wildman–Crippen LogP) is 3.31. The second kappa shape index (κ2) is 8.17. The Hall–Kier alpha value is -2.56. The number of aliphatic carboxylic acids is 1. The van der Waals surface area contributed by atoms with Gasteiger partial charge >= 0.3 is 11.9 Å². The maximum atomic E-state index is 11.8. The lowest BCUT2D eigenvalue weighted by molar-refractivity contribution is -0.151. The van der Waals surface area contributed by atoms with Gasteiger partial charge in [0.15, 0.2) is 0 Å². The van der Waals surface area contributed by atoms with Gasteiger partial charge in [0.1, 0.15) is 0 Å². The van der Waals surface area contributed by atoms with Crippen LogP contribution in [0.4, 0.5) is 0 Å². The van der Waals surface area contributed by atoms with Crippen LogP contribution in [0.1, 0.15) is 24.8 Å².